The summed E-state index contributed by atoms with van der Waals surface area (Å²) >= 11 is 0. The van der Waals surface area contributed by atoms with Gasteiger partial charge in [-0.1, -0.05) is 61.7 Å². The number of fused-ring (bicyclic) bond motifs is 1. The van der Waals surface area contributed by atoms with Gasteiger partial charge in [0, 0.05) is 17.0 Å². The number of ether oxygens (including phenoxy) is 1. The van der Waals surface area contributed by atoms with Gasteiger partial charge in [0.25, 0.3) is 5.91 Å². The molecule has 1 N–H and O–H groups in total. The number of esters is 1. The number of nitrogens with zero attached hydrogens (tertiary/aromatic N) is 2. The van der Waals surface area contributed by atoms with Crippen LogP contribution in [0, 0.1) is 12.8 Å². The first-order chi connectivity index (χ1) is 19.6. The van der Waals surface area contributed by atoms with Crippen molar-refractivity contribution in [3.8, 4) is 11.1 Å². The molecule has 4 aromatic rings. The fourth-order valence-electron chi connectivity index (χ4n) is 5.85. The van der Waals surface area contributed by atoms with Crippen molar-refractivity contribution < 1.29 is 14.3 Å². The van der Waals surface area contributed by atoms with Crippen molar-refractivity contribution >= 4 is 22.8 Å². The van der Waals surface area contributed by atoms with Crippen molar-refractivity contribution in [1.29, 1.82) is 0 Å². The van der Waals surface area contributed by atoms with Gasteiger partial charge in [-0.3, -0.25) is 9.48 Å². The molecule has 1 aromatic heterocycles. The molecule has 1 aliphatic rings. The molecule has 0 aliphatic heterocycles. The van der Waals surface area contributed by atoms with E-state index in [0.29, 0.717) is 23.6 Å². The predicted molar refractivity (Wildman–Crippen MR) is 164 cm³/mol. The molecule has 1 atom stereocenters. The SMILES string of the molecule is Cc1nn(Cc2ccc(-c3ccccc3C(=O)OC(C)(C)C)cc2)c2ccc(C(=O)N[C@H](C)C3CCCCC3)cc12. The zero-order chi connectivity index (χ0) is 29.1. The van der Waals surface area contributed by atoms with Crippen LogP contribution in [0.25, 0.3) is 22.0 Å². The largest absolute Gasteiger partial charge is 0.456 e. The van der Waals surface area contributed by atoms with E-state index in [-0.39, 0.29) is 17.9 Å². The Morgan fingerprint density at radius 3 is 2.41 bits per heavy atom. The lowest BCUT2D eigenvalue weighted by molar-refractivity contribution is 0.00703. The molecule has 1 heterocycles. The Morgan fingerprint density at radius 2 is 1.71 bits per heavy atom. The van der Waals surface area contributed by atoms with E-state index in [4.69, 9.17) is 9.84 Å². The Hall–Kier alpha value is -3.93. The van der Waals surface area contributed by atoms with E-state index in [9.17, 15) is 9.59 Å². The summed E-state index contributed by atoms with van der Waals surface area (Å²) in [6, 6.07) is 21.8. The molecule has 214 valence electrons. The van der Waals surface area contributed by atoms with Crippen molar-refractivity contribution in [2.75, 3.05) is 0 Å². The molecule has 1 saturated carbocycles. The van der Waals surface area contributed by atoms with Crippen molar-refractivity contribution in [3.63, 3.8) is 0 Å². The molecule has 0 unspecified atom stereocenters. The lowest BCUT2D eigenvalue weighted by Crippen LogP contribution is -2.38. The molecule has 0 spiro atoms. The first-order valence-corrected chi connectivity index (χ1v) is 14.8. The molecule has 6 nitrogen and oxygen atoms in total. The Labute approximate surface area is 243 Å². The first-order valence-electron chi connectivity index (χ1n) is 14.8. The number of carbonyl (C=O) groups is 2. The Morgan fingerprint density at radius 1 is 1.00 bits per heavy atom. The number of benzene rings is 3. The van der Waals surface area contributed by atoms with Crippen LogP contribution in [-0.4, -0.2) is 33.3 Å². The van der Waals surface area contributed by atoms with Crippen LogP contribution in [0.1, 0.15) is 91.8 Å². The second-order valence-corrected chi connectivity index (χ2v) is 12.4. The highest BCUT2D eigenvalue weighted by molar-refractivity contribution is 5.99. The molecule has 6 heteroatoms. The minimum Gasteiger partial charge on any atom is -0.456 e. The summed E-state index contributed by atoms with van der Waals surface area (Å²) in [6.45, 7) is 10.3. The quantitative estimate of drug-likeness (QED) is 0.239. The molecular weight excluding hydrogens is 510 g/mol. The van der Waals surface area contributed by atoms with Crippen LogP contribution < -0.4 is 5.32 Å². The molecule has 3 aromatic carbocycles. The van der Waals surface area contributed by atoms with Crippen molar-refractivity contribution in [2.45, 2.75) is 84.9 Å². The van der Waals surface area contributed by atoms with E-state index in [0.717, 1.165) is 33.3 Å². The van der Waals surface area contributed by atoms with Crippen LogP contribution in [0.4, 0.5) is 0 Å². The number of carbonyl (C=O) groups excluding carboxylic acids is 2. The second-order valence-electron chi connectivity index (χ2n) is 12.4. The fraction of sp³-hybridized carbons (Fsp3) is 0.400. The van der Waals surface area contributed by atoms with Gasteiger partial charge < -0.3 is 10.1 Å². The molecule has 0 saturated heterocycles. The average Bonchev–Trinajstić information content (AvgIpc) is 3.27. The predicted octanol–water partition coefficient (Wildman–Crippen LogP) is 7.71. The number of aryl methyl sites for hydroxylation is 1. The smallest absolute Gasteiger partial charge is 0.339 e. The summed E-state index contributed by atoms with van der Waals surface area (Å²) in [6.07, 6.45) is 6.23. The van der Waals surface area contributed by atoms with E-state index in [1.807, 2.05) is 80.9 Å². The maximum Gasteiger partial charge on any atom is 0.339 e. The molecule has 1 amide bonds. The highest BCUT2D eigenvalue weighted by atomic mass is 16.6. The third kappa shape index (κ3) is 6.70. The van der Waals surface area contributed by atoms with Crippen molar-refractivity contribution in [2.24, 2.45) is 5.92 Å². The number of aromatic nitrogens is 2. The van der Waals surface area contributed by atoms with Crippen LogP contribution in [0.15, 0.2) is 66.7 Å². The summed E-state index contributed by atoms with van der Waals surface area (Å²) in [7, 11) is 0. The van der Waals surface area contributed by atoms with E-state index in [1.165, 1.54) is 32.1 Å². The third-order valence-corrected chi connectivity index (χ3v) is 8.06. The monoisotopic (exact) mass is 551 g/mol. The van der Waals surface area contributed by atoms with Crippen LogP contribution in [0.2, 0.25) is 0 Å². The summed E-state index contributed by atoms with van der Waals surface area (Å²) in [5.74, 6) is 0.227. The standard InChI is InChI=1S/C35H41N3O3/c1-23(26-11-7-6-8-12-26)36-33(39)28-19-20-32-31(21-28)24(2)37-38(32)22-25-15-17-27(18-16-25)29-13-9-10-14-30(29)34(40)41-35(3,4)5/h9-10,13-21,23,26H,6-8,11-12,22H2,1-5H3,(H,36,39)/t23-/m1/s1. The Balaban J connectivity index is 1.31. The van der Waals surface area contributed by atoms with Crippen LogP contribution >= 0.6 is 0 Å². The van der Waals surface area contributed by atoms with Crippen LogP contribution in [0.5, 0.6) is 0 Å². The summed E-state index contributed by atoms with van der Waals surface area (Å²) in [5.41, 5.74) is 5.46. The highest BCUT2D eigenvalue weighted by Gasteiger charge is 2.23. The van der Waals surface area contributed by atoms with Gasteiger partial charge in [0.2, 0.25) is 0 Å². The van der Waals surface area contributed by atoms with Gasteiger partial charge in [-0.05, 0) is 94.3 Å². The van der Waals surface area contributed by atoms with Gasteiger partial charge in [0.15, 0.2) is 0 Å². The van der Waals surface area contributed by atoms with E-state index >= 15 is 0 Å². The van der Waals surface area contributed by atoms with Crippen molar-refractivity contribution in [1.82, 2.24) is 15.1 Å². The summed E-state index contributed by atoms with van der Waals surface area (Å²) in [5, 5.41) is 9.03. The Bertz CT molecular complexity index is 1540. The minimum atomic E-state index is -0.559. The molecule has 41 heavy (non-hydrogen) atoms. The van der Waals surface area contributed by atoms with Gasteiger partial charge in [0.1, 0.15) is 5.60 Å². The van der Waals surface area contributed by atoms with Crippen LogP contribution in [0.3, 0.4) is 0 Å². The van der Waals surface area contributed by atoms with Crippen molar-refractivity contribution in [3.05, 3.63) is 89.1 Å². The molecule has 1 fully saturated rings. The molecular formula is C35H41N3O3. The average molecular weight is 552 g/mol. The topological polar surface area (TPSA) is 73.2 Å². The van der Waals surface area contributed by atoms with Gasteiger partial charge in [0.05, 0.1) is 23.3 Å². The minimum absolute atomic E-state index is 0.0145. The maximum atomic E-state index is 13.1. The van der Waals surface area contributed by atoms with Gasteiger partial charge >= 0.3 is 5.97 Å². The van der Waals surface area contributed by atoms with Gasteiger partial charge in [-0.25, -0.2) is 4.79 Å². The number of hydrogen-bond donors (Lipinski definition) is 1. The summed E-state index contributed by atoms with van der Waals surface area (Å²) < 4.78 is 7.61. The fourth-order valence-corrected chi connectivity index (χ4v) is 5.85. The van der Waals surface area contributed by atoms with E-state index in [2.05, 4.69) is 24.4 Å². The third-order valence-electron chi connectivity index (χ3n) is 8.06. The zero-order valence-electron chi connectivity index (χ0n) is 24.9. The molecule has 1 aliphatic carbocycles. The van der Waals surface area contributed by atoms with E-state index in [1.54, 1.807) is 6.07 Å². The summed E-state index contributed by atoms with van der Waals surface area (Å²) in [4.78, 5) is 25.9. The Kier molecular flexibility index (Phi) is 8.30. The maximum absolute atomic E-state index is 13.1. The normalized spacial score (nSPS) is 15.0. The zero-order valence-corrected chi connectivity index (χ0v) is 24.9. The first kappa shape index (κ1) is 28.6. The number of amides is 1. The van der Waals surface area contributed by atoms with Gasteiger partial charge in [-0.2, -0.15) is 5.10 Å². The lowest BCUT2D eigenvalue weighted by atomic mass is 9.84. The molecule has 5 rings (SSSR count). The molecule has 0 bridgehead atoms. The number of nitrogens with one attached hydrogen (secondary N) is 1. The molecule has 0 radical (unpaired) electrons. The second kappa shape index (κ2) is 11.9. The van der Waals surface area contributed by atoms with Gasteiger partial charge in [-0.15, -0.1) is 0 Å². The highest BCUT2D eigenvalue weighted by Crippen LogP contribution is 2.28. The number of hydrogen-bond acceptors (Lipinski definition) is 4. The van der Waals surface area contributed by atoms with E-state index < -0.39 is 5.60 Å². The van der Waals surface area contributed by atoms with Crippen LogP contribution in [-0.2, 0) is 11.3 Å². The lowest BCUT2D eigenvalue weighted by Gasteiger charge is -2.28. The number of rotatable bonds is 7.